The molecule has 1 rings (SSSR count). The molecule has 0 aliphatic heterocycles. The number of amides is 1. The van der Waals surface area contributed by atoms with Crippen LogP contribution in [0.25, 0.3) is 0 Å². The third-order valence-electron chi connectivity index (χ3n) is 1.14. The number of thioether (sulfide) groups is 1. The predicted octanol–water partition coefficient (Wildman–Crippen LogP) is 1.11. The van der Waals surface area contributed by atoms with Crippen molar-refractivity contribution in [3.63, 3.8) is 0 Å². The number of carbonyl (C=O) groups is 1. The largest absolute Gasteiger partial charge is 0.301 e. The second-order valence-corrected chi connectivity index (χ2v) is 5.08. The Morgan fingerprint density at radius 3 is 2.86 bits per heavy atom. The zero-order valence-corrected chi connectivity index (χ0v) is 9.91. The maximum absolute atomic E-state index is 10.7. The lowest BCUT2D eigenvalue weighted by atomic mass is 10.7. The van der Waals surface area contributed by atoms with Crippen molar-refractivity contribution < 1.29 is 4.79 Å². The van der Waals surface area contributed by atoms with Gasteiger partial charge in [0.25, 0.3) is 0 Å². The molecule has 0 saturated carbocycles. The van der Waals surface area contributed by atoms with Crippen molar-refractivity contribution in [2.24, 2.45) is 0 Å². The van der Waals surface area contributed by atoms with Crippen molar-refractivity contribution in [2.45, 2.75) is 11.3 Å². The summed E-state index contributed by atoms with van der Waals surface area (Å²) in [6.45, 7) is 1.45. The minimum absolute atomic E-state index is 0.120. The molecule has 0 aromatic carbocycles. The highest BCUT2D eigenvalue weighted by Crippen LogP contribution is 2.25. The molecule has 0 fully saturated rings. The van der Waals surface area contributed by atoms with Gasteiger partial charge in [-0.3, -0.25) is 9.69 Å². The molecule has 0 aliphatic carbocycles. The monoisotopic (exact) mass is 232 g/mol. The Kier molecular flexibility index (Phi) is 4.30. The average molecular weight is 232 g/mol. The van der Waals surface area contributed by atoms with E-state index >= 15 is 0 Å². The number of aromatic nitrogens is 2. The van der Waals surface area contributed by atoms with Crippen LogP contribution in [-0.2, 0) is 4.79 Å². The Morgan fingerprint density at radius 2 is 2.29 bits per heavy atom. The molecule has 1 aromatic rings. The first kappa shape index (κ1) is 11.4. The maximum atomic E-state index is 10.7. The Bertz CT molecular complexity index is 312. The molecule has 0 unspecified atom stereocenters. The first-order valence-electron chi connectivity index (χ1n) is 3.96. The Hall–Kier alpha value is -0.660. The van der Waals surface area contributed by atoms with Gasteiger partial charge < -0.3 is 5.32 Å². The van der Waals surface area contributed by atoms with E-state index in [0.717, 1.165) is 10.2 Å². The molecule has 78 valence electrons. The summed E-state index contributed by atoms with van der Waals surface area (Å²) in [5.41, 5.74) is 0. The maximum Gasteiger partial charge on any atom is 0.223 e. The fraction of sp³-hybridized carbons (Fsp3) is 0.571. The van der Waals surface area contributed by atoms with Crippen LogP contribution in [0.3, 0.4) is 0 Å². The number of hydrogen-bond acceptors (Lipinski definition) is 6. The molecule has 0 spiro atoms. The molecule has 1 aromatic heterocycles. The Labute approximate surface area is 90.9 Å². The fourth-order valence-corrected chi connectivity index (χ4v) is 2.27. The van der Waals surface area contributed by atoms with Gasteiger partial charge in [-0.2, -0.15) is 0 Å². The Balaban J connectivity index is 2.46. The van der Waals surface area contributed by atoms with Crippen LogP contribution in [0.1, 0.15) is 6.92 Å². The van der Waals surface area contributed by atoms with E-state index in [1.165, 1.54) is 18.3 Å². The summed E-state index contributed by atoms with van der Waals surface area (Å²) in [6, 6.07) is 0. The van der Waals surface area contributed by atoms with Crippen LogP contribution in [0.2, 0.25) is 0 Å². The summed E-state index contributed by atoms with van der Waals surface area (Å²) in [5.74, 6) is 0.736. The quantitative estimate of drug-likeness (QED) is 0.479. The molecular formula is C7H12N4OS2. The van der Waals surface area contributed by atoms with Gasteiger partial charge in [-0.15, -0.1) is 10.2 Å². The van der Waals surface area contributed by atoms with Gasteiger partial charge in [-0.25, -0.2) is 0 Å². The molecule has 0 saturated heterocycles. The smallest absolute Gasteiger partial charge is 0.223 e. The SMILES string of the molecule is CC(=O)Nc1nnc(SCN(C)C)s1. The highest BCUT2D eigenvalue weighted by molar-refractivity contribution is 8.01. The average Bonchev–Trinajstić information content (AvgIpc) is 2.47. The molecule has 0 bridgehead atoms. The summed E-state index contributed by atoms with van der Waals surface area (Å²) in [4.78, 5) is 12.7. The number of anilines is 1. The zero-order valence-electron chi connectivity index (χ0n) is 8.27. The molecule has 0 atom stereocenters. The van der Waals surface area contributed by atoms with E-state index in [9.17, 15) is 4.79 Å². The highest BCUT2D eigenvalue weighted by Gasteiger charge is 2.05. The van der Waals surface area contributed by atoms with Gasteiger partial charge in [0.05, 0.1) is 5.88 Å². The first-order valence-corrected chi connectivity index (χ1v) is 5.77. The molecule has 1 N–H and O–H groups in total. The van der Waals surface area contributed by atoms with Crippen LogP contribution in [0.5, 0.6) is 0 Å². The molecule has 7 heteroatoms. The van der Waals surface area contributed by atoms with Gasteiger partial charge in [0, 0.05) is 6.92 Å². The molecule has 5 nitrogen and oxygen atoms in total. The summed E-state index contributed by atoms with van der Waals surface area (Å²) in [6.07, 6.45) is 0. The molecule has 0 radical (unpaired) electrons. The van der Waals surface area contributed by atoms with Gasteiger partial charge in [0.2, 0.25) is 11.0 Å². The summed E-state index contributed by atoms with van der Waals surface area (Å²) >= 11 is 2.98. The topological polar surface area (TPSA) is 58.1 Å². The van der Waals surface area contributed by atoms with Crippen molar-refractivity contribution in [1.82, 2.24) is 15.1 Å². The number of rotatable bonds is 4. The van der Waals surface area contributed by atoms with Crippen molar-refractivity contribution in [3.8, 4) is 0 Å². The molecule has 1 amide bonds. The minimum Gasteiger partial charge on any atom is -0.301 e. The van der Waals surface area contributed by atoms with Gasteiger partial charge in [0.1, 0.15) is 0 Å². The summed E-state index contributed by atoms with van der Waals surface area (Å²) in [7, 11) is 3.98. The van der Waals surface area contributed by atoms with Crippen LogP contribution in [0, 0.1) is 0 Å². The summed E-state index contributed by atoms with van der Waals surface area (Å²) < 4.78 is 0.863. The van der Waals surface area contributed by atoms with Crippen molar-refractivity contribution in [2.75, 3.05) is 25.3 Å². The van der Waals surface area contributed by atoms with E-state index in [2.05, 4.69) is 15.5 Å². The van der Waals surface area contributed by atoms with Gasteiger partial charge in [-0.1, -0.05) is 23.1 Å². The number of nitrogens with zero attached hydrogens (tertiary/aromatic N) is 3. The van der Waals surface area contributed by atoms with E-state index in [-0.39, 0.29) is 5.91 Å². The minimum atomic E-state index is -0.120. The van der Waals surface area contributed by atoms with E-state index in [1.807, 2.05) is 19.0 Å². The van der Waals surface area contributed by atoms with E-state index < -0.39 is 0 Å². The van der Waals surface area contributed by atoms with Crippen molar-refractivity contribution in [3.05, 3.63) is 0 Å². The molecular weight excluding hydrogens is 220 g/mol. The third-order valence-corrected chi connectivity index (χ3v) is 3.35. The van der Waals surface area contributed by atoms with Gasteiger partial charge in [0.15, 0.2) is 4.34 Å². The second kappa shape index (κ2) is 5.28. The lowest BCUT2D eigenvalue weighted by Crippen LogP contribution is -2.09. The molecule has 14 heavy (non-hydrogen) atoms. The van der Waals surface area contributed by atoms with Crippen LogP contribution in [0.4, 0.5) is 5.13 Å². The molecule has 1 heterocycles. The summed E-state index contributed by atoms with van der Waals surface area (Å²) in [5, 5.41) is 10.9. The number of nitrogens with one attached hydrogen (secondary N) is 1. The lowest BCUT2D eigenvalue weighted by molar-refractivity contribution is -0.114. The predicted molar refractivity (Wildman–Crippen MR) is 58.6 cm³/mol. The van der Waals surface area contributed by atoms with Crippen LogP contribution >= 0.6 is 23.1 Å². The van der Waals surface area contributed by atoms with E-state index in [0.29, 0.717) is 5.13 Å². The van der Waals surface area contributed by atoms with Crippen LogP contribution in [0.15, 0.2) is 4.34 Å². The van der Waals surface area contributed by atoms with Crippen molar-refractivity contribution >= 4 is 34.1 Å². The van der Waals surface area contributed by atoms with Crippen LogP contribution < -0.4 is 5.32 Å². The van der Waals surface area contributed by atoms with Crippen molar-refractivity contribution in [1.29, 1.82) is 0 Å². The van der Waals surface area contributed by atoms with Gasteiger partial charge >= 0.3 is 0 Å². The first-order chi connectivity index (χ1) is 6.58. The van der Waals surface area contributed by atoms with Crippen LogP contribution in [-0.4, -0.2) is 41.0 Å². The van der Waals surface area contributed by atoms with Gasteiger partial charge in [-0.05, 0) is 14.1 Å². The number of hydrogen-bond donors (Lipinski definition) is 1. The Morgan fingerprint density at radius 1 is 1.57 bits per heavy atom. The van der Waals surface area contributed by atoms with E-state index in [4.69, 9.17) is 0 Å². The number of carbonyl (C=O) groups excluding carboxylic acids is 1. The normalized spacial score (nSPS) is 10.6. The fourth-order valence-electron chi connectivity index (χ4n) is 0.654. The van der Waals surface area contributed by atoms with E-state index in [1.54, 1.807) is 11.8 Å². The second-order valence-electron chi connectivity index (χ2n) is 2.91. The standard InChI is InChI=1S/C7H12N4OS2/c1-5(12)8-6-9-10-7(14-6)13-4-11(2)3/h4H2,1-3H3,(H,8,9,12). The highest BCUT2D eigenvalue weighted by atomic mass is 32.2. The third kappa shape index (κ3) is 4.03. The zero-order chi connectivity index (χ0) is 10.6. The lowest BCUT2D eigenvalue weighted by Gasteiger charge is -2.05. The molecule has 0 aliphatic rings.